The number of rotatable bonds is 3. The summed E-state index contributed by atoms with van der Waals surface area (Å²) in [5.74, 6) is 2.82. The van der Waals surface area contributed by atoms with E-state index in [-0.39, 0.29) is 0 Å². The first-order valence-electron chi connectivity index (χ1n) is 6.05. The minimum absolute atomic E-state index is 0.435. The number of nitrogen functional groups attached to an aromatic ring is 1. The highest BCUT2D eigenvalue weighted by molar-refractivity contribution is 5.77. The minimum atomic E-state index is 0.435. The van der Waals surface area contributed by atoms with Crippen molar-refractivity contribution in [2.24, 2.45) is 0 Å². The van der Waals surface area contributed by atoms with E-state index in [1.165, 1.54) is 0 Å². The summed E-state index contributed by atoms with van der Waals surface area (Å²) in [4.78, 5) is 0. The Kier molecular flexibility index (Phi) is 3.05. The predicted octanol–water partition coefficient (Wildman–Crippen LogP) is 2.45. The number of benzene rings is 1. The summed E-state index contributed by atoms with van der Waals surface area (Å²) >= 11 is 0. The molecule has 5 heteroatoms. The van der Waals surface area contributed by atoms with Crippen molar-refractivity contribution in [3.05, 3.63) is 30.0 Å². The topological polar surface area (TPSA) is 66.9 Å². The van der Waals surface area contributed by atoms with Crippen molar-refractivity contribution in [3.63, 3.8) is 0 Å². The SMILES string of the molecule is COCc1ccc(-c2cc3c(cc2N)OCCO3)o1. The van der Waals surface area contributed by atoms with Crippen LogP contribution in [0.4, 0.5) is 5.69 Å². The van der Waals surface area contributed by atoms with Crippen LogP contribution in [0.15, 0.2) is 28.7 Å². The average Bonchev–Trinajstić information content (AvgIpc) is 2.87. The van der Waals surface area contributed by atoms with Gasteiger partial charge >= 0.3 is 0 Å². The number of furan rings is 1. The second-order valence-corrected chi connectivity index (χ2v) is 4.28. The van der Waals surface area contributed by atoms with E-state index in [9.17, 15) is 0 Å². The molecule has 2 aromatic rings. The molecule has 0 amide bonds. The van der Waals surface area contributed by atoms with E-state index in [2.05, 4.69) is 0 Å². The molecule has 5 nitrogen and oxygen atoms in total. The summed E-state index contributed by atoms with van der Waals surface area (Å²) in [7, 11) is 1.63. The maximum atomic E-state index is 6.03. The van der Waals surface area contributed by atoms with Crippen LogP contribution in [0, 0.1) is 0 Å². The van der Waals surface area contributed by atoms with Gasteiger partial charge in [-0.05, 0) is 18.2 Å². The molecular weight excluding hydrogens is 246 g/mol. The van der Waals surface area contributed by atoms with Gasteiger partial charge in [0.15, 0.2) is 11.5 Å². The first kappa shape index (κ1) is 11.9. The van der Waals surface area contributed by atoms with Gasteiger partial charge in [-0.15, -0.1) is 0 Å². The second-order valence-electron chi connectivity index (χ2n) is 4.28. The van der Waals surface area contributed by atoms with Gasteiger partial charge in [0.25, 0.3) is 0 Å². The van der Waals surface area contributed by atoms with Crippen LogP contribution in [-0.4, -0.2) is 20.3 Å². The zero-order valence-electron chi connectivity index (χ0n) is 10.6. The zero-order valence-corrected chi connectivity index (χ0v) is 10.6. The standard InChI is InChI=1S/C14H15NO4/c1-16-8-9-2-3-12(19-9)10-6-13-14(7-11(10)15)18-5-4-17-13/h2-3,6-7H,4-5,8,15H2,1H3. The van der Waals surface area contributed by atoms with Crippen molar-refractivity contribution in [3.8, 4) is 22.8 Å². The molecule has 0 spiro atoms. The molecule has 1 aliphatic heterocycles. The fraction of sp³-hybridized carbons (Fsp3) is 0.286. The molecule has 100 valence electrons. The molecule has 2 N–H and O–H groups in total. The predicted molar refractivity (Wildman–Crippen MR) is 70.3 cm³/mol. The summed E-state index contributed by atoms with van der Waals surface area (Å²) in [5, 5.41) is 0. The van der Waals surface area contributed by atoms with Crippen molar-refractivity contribution in [1.29, 1.82) is 0 Å². The average molecular weight is 261 g/mol. The van der Waals surface area contributed by atoms with Crippen molar-refractivity contribution < 1.29 is 18.6 Å². The molecular formula is C14H15NO4. The second kappa shape index (κ2) is 4.85. The molecule has 0 saturated carbocycles. The van der Waals surface area contributed by atoms with E-state index in [1.807, 2.05) is 18.2 Å². The molecule has 0 saturated heterocycles. The molecule has 0 aliphatic carbocycles. The van der Waals surface area contributed by atoms with Crippen molar-refractivity contribution >= 4 is 5.69 Å². The first-order valence-corrected chi connectivity index (χ1v) is 6.05. The van der Waals surface area contributed by atoms with E-state index in [4.69, 9.17) is 24.4 Å². The van der Waals surface area contributed by atoms with E-state index < -0.39 is 0 Å². The number of hydrogen-bond donors (Lipinski definition) is 1. The molecule has 0 bridgehead atoms. The minimum Gasteiger partial charge on any atom is -0.486 e. The third kappa shape index (κ3) is 2.24. The lowest BCUT2D eigenvalue weighted by Crippen LogP contribution is -2.15. The monoisotopic (exact) mass is 261 g/mol. The lowest BCUT2D eigenvalue weighted by Gasteiger charge is -2.19. The Balaban J connectivity index is 1.99. The first-order chi connectivity index (χ1) is 9.28. The van der Waals surface area contributed by atoms with Gasteiger partial charge in [-0.25, -0.2) is 0 Å². The highest BCUT2D eigenvalue weighted by Crippen LogP contribution is 2.39. The van der Waals surface area contributed by atoms with Gasteiger partial charge in [0.1, 0.15) is 31.3 Å². The van der Waals surface area contributed by atoms with Crippen molar-refractivity contribution in [2.75, 3.05) is 26.1 Å². The maximum Gasteiger partial charge on any atom is 0.163 e. The number of methoxy groups -OCH3 is 1. The fourth-order valence-electron chi connectivity index (χ4n) is 2.06. The quantitative estimate of drug-likeness (QED) is 0.859. The Morgan fingerprint density at radius 2 is 1.89 bits per heavy atom. The number of hydrogen-bond acceptors (Lipinski definition) is 5. The molecule has 0 atom stereocenters. The largest absolute Gasteiger partial charge is 0.486 e. The van der Waals surface area contributed by atoms with Crippen LogP contribution in [0.3, 0.4) is 0 Å². The van der Waals surface area contributed by atoms with Gasteiger partial charge < -0.3 is 24.4 Å². The van der Waals surface area contributed by atoms with E-state index in [0.29, 0.717) is 42.8 Å². The normalized spacial score (nSPS) is 13.5. The maximum absolute atomic E-state index is 6.03. The Labute approximate surface area is 110 Å². The van der Waals surface area contributed by atoms with E-state index >= 15 is 0 Å². The van der Waals surface area contributed by atoms with Crippen LogP contribution in [0.25, 0.3) is 11.3 Å². The zero-order chi connectivity index (χ0) is 13.2. The Morgan fingerprint density at radius 1 is 1.16 bits per heavy atom. The highest BCUT2D eigenvalue weighted by Gasteiger charge is 2.17. The van der Waals surface area contributed by atoms with Gasteiger partial charge in [0.2, 0.25) is 0 Å². The molecule has 0 radical (unpaired) electrons. The third-order valence-electron chi connectivity index (χ3n) is 2.93. The summed E-state index contributed by atoms with van der Waals surface area (Å²) in [6, 6.07) is 7.35. The van der Waals surface area contributed by atoms with Crippen LogP contribution in [0.5, 0.6) is 11.5 Å². The number of anilines is 1. The molecule has 3 rings (SSSR count). The van der Waals surface area contributed by atoms with E-state index in [0.717, 1.165) is 11.3 Å². The van der Waals surface area contributed by atoms with Crippen LogP contribution >= 0.6 is 0 Å². The van der Waals surface area contributed by atoms with Gasteiger partial charge in [-0.3, -0.25) is 0 Å². The van der Waals surface area contributed by atoms with Gasteiger partial charge in [-0.2, -0.15) is 0 Å². The smallest absolute Gasteiger partial charge is 0.163 e. The lowest BCUT2D eigenvalue weighted by atomic mass is 10.1. The van der Waals surface area contributed by atoms with Crippen LogP contribution in [0.2, 0.25) is 0 Å². The number of nitrogens with two attached hydrogens (primary N) is 1. The van der Waals surface area contributed by atoms with Gasteiger partial charge in [0, 0.05) is 24.4 Å². The molecule has 0 unspecified atom stereocenters. The van der Waals surface area contributed by atoms with Crippen molar-refractivity contribution in [1.82, 2.24) is 0 Å². The summed E-state index contributed by atoms with van der Waals surface area (Å²) < 4.78 is 21.7. The molecule has 1 aromatic carbocycles. The van der Waals surface area contributed by atoms with Crippen LogP contribution in [-0.2, 0) is 11.3 Å². The van der Waals surface area contributed by atoms with Gasteiger partial charge in [0.05, 0.1) is 0 Å². The molecule has 1 aromatic heterocycles. The van der Waals surface area contributed by atoms with Crippen molar-refractivity contribution in [2.45, 2.75) is 6.61 Å². The van der Waals surface area contributed by atoms with Gasteiger partial charge in [-0.1, -0.05) is 0 Å². The molecule has 19 heavy (non-hydrogen) atoms. The van der Waals surface area contributed by atoms with Crippen LogP contribution < -0.4 is 15.2 Å². The molecule has 2 heterocycles. The fourth-order valence-corrected chi connectivity index (χ4v) is 2.06. The Bertz CT molecular complexity index is 591. The summed E-state index contributed by atoms with van der Waals surface area (Å²) in [6.07, 6.45) is 0. The third-order valence-corrected chi connectivity index (χ3v) is 2.93. The Hall–Kier alpha value is -2.14. The molecule has 1 aliphatic rings. The molecule has 0 fully saturated rings. The Morgan fingerprint density at radius 3 is 2.63 bits per heavy atom. The van der Waals surface area contributed by atoms with Crippen LogP contribution in [0.1, 0.15) is 5.76 Å². The number of fused-ring (bicyclic) bond motifs is 1. The summed E-state index contributed by atoms with van der Waals surface area (Å²) in [5.41, 5.74) is 7.43. The van der Waals surface area contributed by atoms with E-state index in [1.54, 1.807) is 13.2 Å². The highest BCUT2D eigenvalue weighted by atomic mass is 16.6. The number of ether oxygens (including phenoxy) is 3. The lowest BCUT2D eigenvalue weighted by molar-refractivity contribution is 0.165. The summed E-state index contributed by atoms with van der Waals surface area (Å²) in [6.45, 7) is 1.53.